The van der Waals surface area contributed by atoms with E-state index in [1.165, 1.54) is 39.3 Å². The number of hydrogen-bond donors (Lipinski definition) is 1. The summed E-state index contributed by atoms with van der Waals surface area (Å²) in [7, 11) is 0. The van der Waals surface area contributed by atoms with Gasteiger partial charge in [-0.3, -0.25) is 9.80 Å². The van der Waals surface area contributed by atoms with Crippen LogP contribution < -0.4 is 15.5 Å². The molecule has 2 amide bonds. The zero-order valence-electron chi connectivity index (χ0n) is 20.4. The van der Waals surface area contributed by atoms with Crippen LogP contribution in [0.5, 0.6) is 0 Å². The summed E-state index contributed by atoms with van der Waals surface area (Å²) >= 11 is 1.53. The molecule has 2 saturated heterocycles. The summed E-state index contributed by atoms with van der Waals surface area (Å²) in [5.41, 5.74) is 8.02. The number of nitrogens with two attached hydrogens (primary N) is 1. The summed E-state index contributed by atoms with van der Waals surface area (Å²) in [6, 6.07) is 7.14. The van der Waals surface area contributed by atoms with Gasteiger partial charge in [0, 0.05) is 55.3 Å². The number of hydrogen-bond acceptors (Lipinski definition) is 8. The fraction of sp³-hybridized carbons (Fsp3) is 0.308. The number of rotatable bonds is 5. The van der Waals surface area contributed by atoms with Crippen LogP contribution in [0.1, 0.15) is 17.2 Å². The van der Waals surface area contributed by atoms with Crippen LogP contribution in [-0.2, 0) is 4.74 Å². The number of ether oxygens (including phenoxy) is 1. The largest absolute Gasteiger partial charge is 0.378 e. The molecule has 0 bridgehead atoms. The van der Waals surface area contributed by atoms with Crippen LogP contribution in [0.15, 0.2) is 60.2 Å². The van der Waals surface area contributed by atoms with Gasteiger partial charge in [-0.2, -0.15) is 0 Å². The molecule has 38 heavy (non-hydrogen) atoms. The molecule has 9 nitrogen and oxygen atoms in total. The first-order valence-corrected chi connectivity index (χ1v) is 13.1. The number of carbonyl (C=O) groups excluding carboxylic acids is 1. The molecule has 1 aliphatic carbocycles. The highest BCUT2D eigenvalue weighted by Crippen LogP contribution is 2.44. The van der Waals surface area contributed by atoms with Gasteiger partial charge in [0.2, 0.25) is 5.95 Å². The van der Waals surface area contributed by atoms with Crippen LogP contribution in [0.25, 0.3) is 11.4 Å². The van der Waals surface area contributed by atoms with Crippen molar-refractivity contribution in [2.45, 2.75) is 12.3 Å². The van der Waals surface area contributed by atoms with Crippen LogP contribution in [-0.4, -0.2) is 65.3 Å². The molecule has 196 valence electrons. The summed E-state index contributed by atoms with van der Waals surface area (Å²) in [5, 5.41) is 0.834. The molecule has 1 aromatic carbocycles. The van der Waals surface area contributed by atoms with E-state index in [1.807, 2.05) is 6.08 Å². The number of nitrogen functional groups attached to an aromatic ring is 1. The quantitative estimate of drug-likeness (QED) is 0.517. The monoisotopic (exact) mass is 537 g/mol. The van der Waals surface area contributed by atoms with Gasteiger partial charge < -0.3 is 15.4 Å². The molecule has 2 aliphatic heterocycles. The van der Waals surface area contributed by atoms with Crippen molar-refractivity contribution in [3.8, 4) is 11.4 Å². The molecule has 0 radical (unpaired) electrons. The van der Waals surface area contributed by atoms with E-state index in [-0.39, 0.29) is 30.1 Å². The van der Waals surface area contributed by atoms with E-state index in [0.717, 1.165) is 23.1 Å². The van der Waals surface area contributed by atoms with Gasteiger partial charge in [-0.05, 0) is 36.4 Å². The van der Waals surface area contributed by atoms with Gasteiger partial charge in [-0.1, -0.05) is 6.08 Å². The molecule has 12 heteroatoms. The molecule has 1 unspecified atom stereocenters. The number of halogens is 2. The minimum absolute atomic E-state index is 0.142. The summed E-state index contributed by atoms with van der Waals surface area (Å²) in [6.45, 7) is 3.39. The molecule has 2 aromatic heterocycles. The highest BCUT2D eigenvalue weighted by atomic mass is 32.1. The van der Waals surface area contributed by atoms with E-state index in [2.05, 4.69) is 14.9 Å². The summed E-state index contributed by atoms with van der Waals surface area (Å²) < 4.78 is 34.1. The van der Waals surface area contributed by atoms with E-state index >= 15 is 4.39 Å². The minimum atomic E-state index is -0.443. The molecule has 1 atom stereocenters. The number of thiazole rings is 1. The number of allylic oxidation sites excluding steroid dienone is 4. The van der Waals surface area contributed by atoms with Crippen molar-refractivity contribution in [2.24, 2.45) is 0 Å². The van der Waals surface area contributed by atoms with Crippen LogP contribution in [0, 0.1) is 5.82 Å². The summed E-state index contributed by atoms with van der Waals surface area (Å²) in [4.78, 5) is 32.7. The van der Waals surface area contributed by atoms with Gasteiger partial charge in [-0.15, -0.1) is 11.3 Å². The Morgan fingerprint density at radius 2 is 1.76 bits per heavy atom. The van der Waals surface area contributed by atoms with Gasteiger partial charge in [0.1, 0.15) is 17.3 Å². The zero-order valence-corrected chi connectivity index (χ0v) is 21.2. The Morgan fingerprint density at radius 1 is 1.00 bits per heavy atom. The standard InChI is InChI=1S/C26H25F2N7O2S/c27-17-2-4-18(5-3-17)34-9-10-35(26(34)36)21-15-16(1-6-19(21)28)23-22(20-7-8-30-24(29)31-20)32-25(38-23)33-11-13-37-14-12-33/h1-8,16H,9-15H2,(H2,29,30,31). The first kappa shape index (κ1) is 24.4. The Kier molecular flexibility index (Phi) is 6.50. The van der Waals surface area contributed by atoms with E-state index in [1.54, 1.807) is 24.4 Å². The van der Waals surface area contributed by atoms with Crippen LogP contribution in [0.2, 0.25) is 0 Å². The van der Waals surface area contributed by atoms with Gasteiger partial charge in [-0.25, -0.2) is 28.5 Å². The fourth-order valence-electron chi connectivity index (χ4n) is 4.89. The average molecular weight is 538 g/mol. The Hall–Kier alpha value is -3.90. The molecule has 2 fully saturated rings. The molecule has 6 rings (SSSR count). The van der Waals surface area contributed by atoms with Crippen molar-refractivity contribution in [1.82, 2.24) is 19.9 Å². The Bertz CT molecular complexity index is 1420. The van der Waals surface area contributed by atoms with E-state index in [9.17, 15) is 9.18 Å². The lowest BCUT2D eigenvalue weighted by molar-refractivity contribution is 0.122. The topological polar surface area (TPSA) is 101 Å². The molecule has 4 heterocycles. The maximum Gasteiger partial charge on any atom is 0.328 e. The lowest BCUT2D eigenvalue weighted by Crippen LogP contribution is -2.36. The number of amides is 2. The first-order valence-electron chi connectivity index (χ1n) is 12.3. The lowest BCUT2D eigenvalue weighted by atomic mass is 9.94. The predicted molar refractivity (Wildman–Crippen MR) is 141 cm³/mol. The zero-order chi connectivity index (χ0) is 26.2. The number of carbonyl (C=O) groups is 1. The number of benzene rings is 1. The third kappa shape index (κ3) is 4.61. The number of aromatic nitrogens is 3. The SMILES string of the molecule is Nc1nccc(-c2nc(N3CCOCC3)sc2C2C=CC(F)=C(N3CCN(c4ccc(F)cc4)C3=O)C2)n1. The third-order valence-electron chi connectivity index (χ3n) is 6.81. The fourth-order valence-corrected chi connectivity index (χ4v) is 6.09. The number of urea groups is 1. The van der Waals surface area contributed by atoms with Gasteiger partial charge in [0.05, 0.1) is 24.6 Å². The molecule has 2 N–H and O–H groups in total. The highest BCUT2D eigenvalue weighted by molar-refractivity contribution is 7.16. The summed E-state index contributed by atoms with van der Waals surface area (Å²) in [5.74, 6) is -0.908. The van der Waals surface area contributed by atoms with E-state index in [4.69, 9.17) is 15.5 Å². The number of anilines is 3. The Morgan fingerprint density at radius 3 is 2.53 bits per heavy atom. The second-order valence-electron chi connectivity index (χ2n) is 9.14. The van der Waals surface area contributed by atoms with Gasteiger partial charge in [0.15, 0.2) is 5.13 Å². The first-order chi connectivity index (χ1) is 18.5. The van der Waals surface area contributed by atoms with Crippen molar-refractivity contribution >= 4 is 34.1 Å². The van der Waals surface area contributed by atoms with E-state index < -0.39 is 5.83 Å². The maximum atomic E-state index is 15.2. The second kappa shape index (κ2) is 10.1. The van der Waals surface area contributed by atoms with Crippen molar-refractivity contribution in [2.75, 3.05) is 54.9 Å². The second-order valence-corrected chi connectivity index (χ2v) is 10.1. The maximum absolute atomic E-state index is 15.2. The van der Waals surface area contributed by atoms with Crippen molar-refractivity contribution in [3.05, 3.63) is 70.9 Å². The molecule has 0 spiro atoms. The molecule has 3 aliphatic rings. The van der Waals surface area contributed by atoms with Crippen molar-refractivity contribution in [3.63, 3.8) is 0 Å². The number of morpholine rings is 1. The van der Waals surface area contributed by atoms with Crippen molar-refractivity contribution in [1.29, 1.82) is 0 Å². The summed E-state index contributed by atoms with van der Waals surface area (Å²) in [6.07, 6.45) is 5.10. The smallest absolute Gasteiger partial charge is 0.328 e. The Balaban J connectivity index is 1.30. The molecule has 0 saturated carbocycles. The van der Waals surface area contributed by atoms with Crippen LogP contribution >= 0.6 is 11.3 Å². The molecular formula is C26H25F2N7O2S. The Labute approximate surface area is 221 Å². The van der Waals surface area contributed by atoms with Crippen LogP contribution in [0.3, 0.4) is 0 Å². The molecule has 3 aromatic rings. The lowest BCUT2D eigenvalue weighted by Gasteiger charge is -2.27. The average Bonchev–Trinajstić information content (AvgIpc) is 3.55. The normalized spacial score (nSPS) is 20.1. The molecular weight excluding hydrogens is 512 g/mol. The third-order valence-corrected chi connectivity index (χ3v) is 8.06. The predicted octanol–water partition coefficient (Wildman–Crippen LogP) is 4.32. The van der Waals surface area contributed by atoms with Gasteiger partial charge in [0.25, 0.3) is 0 Å². The highest BCUT2D eigenvalue weighted by Gasteiger charge is 2.36. The van der Waals surface area contributed by atoms with Crippen molar-refractivity contribution < 1.29 is 18.3 Å². The van der Waals surface area contributed by atoms with E-state index in [0.29, 0.717) is 49.1 Å². The van der Waals surface area contributed by atoms with Gasteiger partial charge >= 0.3 is 6.03 Å². The number of nitrogens with zero attached hydrogens (tertiary/aromatic N) is 6. The van der Waals surface area contributed by atoms with Crippen LogP contribution in [0.4, 0.5) is 30.3 Å². The minimum Gasteiger partial charge on any atom is -0.378 e.